The summed E-state index contributed by atoms with van der Waals surface area (Å²) in [6.45, 7) is 8.32. The lowest BCUT2D eigenvalue weighted by Gasteiger charge is -2.33. The predicted molar refractivity (Wildman–Crippen MR) is 45.5 cm³/mol. The first kappa shape index (κ1) is 6.72. The van der Waals surface area contributed by atoms with Crippen molar-refractivity contribution in [1.82, 2.24) is 4.81 Å². The third-order valence-electron chi connectivity index (χ3n) is 2.93. The number of hydrogen-bond acceptors (Lipinski definition) is 1. The van der Waals surface area contributed by atoms with E-state index in [1.807, 2.05) is 0 Å². The van der Waals surface area contributed by atoms with Crippen LogP contribution in [0.2, 0.25) is 5.82 Å². The molecule has 2 fully saturated rings. The van der Waals surface area contributed by atoms with Gasteiger partial charge in [-0.2, -0.15) is 0 Å². The Morgan fingerprint density at radius 3 is 2.40 bits per heavy atom. The van der Waals surface area contributed by atoms with Gasteiger partial charge in [-0.3, -0.25) is 0 Å². The van der Waals surface area contributed by atoms with E-state index in [4.69, 9.17) is 0 Å². The second-order valence-corrected chi connectivity index (χ2v) is 4.83. The minimum atomic E-state index is 0.424. The molecule has 1 aliphatic heterocycles. The second-order valence-electron chi connectivity index (χ2n) is 4.83. The monoisotopic (exact) mass is 137 g/mol. The van der Waals surface area contributed by atoms with Gasteiger partial charge in [0.2, 0.25) is 7.41 Å². The Balaban J connectivity index is 1.97. The smallest absolute Gasteiger partial charge is 0.208 e. The van der Waals surface area contributed by atoms with Crippen LogP contribution in [-0.2, 0) is 0 Å². The van der Waals surface area contributed by atoms with E-state index in [2.05, 4.69) is 25.6 Å². The van der Waals surface area contributed by atoms with Crippen LogP contribution in [0, 0.1) is 5.92 Å². The molecule has 1 heterocycles. The van der Waals surface area contributed by atoms with Crippen LogP contribution >= 0.6 is 0 Å². The highest BCUT2D eigenvalue weighted by Gasteiger charge is 2.48. The number of fused-ring (bicyclic) bond motifs is 1. The maximum Gasteiger partial charge on any atom is 0.208 e. The summed E-state index contributed by atoms with van der Waals surface area (Å²) in [5.74, 6) is 2.17. The van der Waals surface area contributed by atoms with Gasteiger partial charge in [0.1, 0.15) is 0 Å². The number of rotatable bonds is 0. The van der Waals surface area contributed by atoms with E-state index in [9.17, 15) is 0 Å². The van der Waals surface area contributed by atoms with Crippen molar-refractivity contribution in [3.05, 3.63) is 0 Å². The summed E-state index contributed by atoms with van der Waals surface area (Å²) in [7, 11) is 1.37. The highest BCUT2D eigenvalue weighted by molar-refractivity contribution is 6.37. The zero-order chi connectivity index (χ0) is 7.35. The van der Waals surface area contributed by atoms with Gasteiger partial charge < -0.3 is 4.81 Å². The molecular weight excluding hydrogens is 121 g/mol. The average molecular weight is 137 g/mol. The maximum atomic E-state index is 2.62. The quantitative estimate of drug-likeness (QED) is 0.454. The molecule has 0 radical (unpaired) electrons. The molecule has 1 nitrogen and oxygen atoms in total. The van der Waals surface area contributed by atoms with Crippen molar-refractivity contribution < 1.29 is 0 Å². The third-order valence-corrected chi connectivity index (χ3v) is 2.93. The minimum Gasteiger partial charge on any atom is -0.340 e. The molecule has 2 atom stereocenters. The molecule has 56 valence electrons. The maximum absolute atomic E-state index is 2.62. The minimum absolute atomic E-state index is 0.424. The van der Waals surface area contributed by atoms with E-state index in [-0.39, 0.29) is 0 Å². The highest BCUT2D eigenvalue weighted by Crippen LogP contribution is 2.50. The fourth-order valence-corrected chi connectivity index (χ4v) is 1.95. The van der Waals surface area contributed by atoms with E-state index >= 15 is 0 Å². The molecule has 0 aromatic rings. The first-order chi connectivity index (χ1) is 4.57. The molecule has 1 saturated heterocycles. The lowest BCUT2D eigenvalue weighted by molar-refractivity contribution is 0.258. The first-order valence-corrected chi connectivity index (χ1v) is 4.32. The Bertz CT molecular complexity index is 140. The van der Waals surface area contributed by atoms with Crippen LogP contribution in [-0.4, -0.2) is 24.3 Å². The molecule has 2 aliphatic rings. The molecule has 1 aliphatic carbocycles. The van der Waals surface area contributed by atoms with Crippen molar-refractivity contribution in [3.8, 4) is 0 Å². The van der Waals surface area contributed by atoms with Crippen LogP contribution in [0.4, 0.5) is 0 Å². The van der Waals surface area contributed by atoms with Gasteiger partial charge in [-0.25, -0.2) is 0 Å². The van der Waals surface area contributed by atoms with Crippen molar-refractivity contribution in [1.29, 1.82) is 0 Å². The Labute approximate surface area is 64.1 Å². The van der Waals surface area contributed by atoms with E-state index < -0.39 is 0 Å². The van der Waals surface area contributed by atoms with Crippen molar-refractivity contribution >= 4 is 7.41 Å². The normalized spacial score (nSPS) is 39.1. The van der Waals surface area contributed by atoms with E-state index in [1.54, 1.807) is 0 Å². The van der Waals surface area contributed by atoms with Crippen LogP contribution < -0.4 is 0 Å². The molecule has 0 aromatic heterocycles. The van der Waals surface area contributed by atoms with Crippen LogP contribution in [0.15, 0.2) is 0 Å². The second kappa shape index (κ2) is 1.79. The Kier molecular flexibility index (Phi) is 1.20. The summed E-state index contributed by atoms with van der Waals surface area (Å²) < 4.78 is 0. The van der Waals surface area contributed by atoms with Crippen molar-refractivity contribution in [3.63, 3.8) is 0 Å². The van der Waals surface area contributed by atoms with E-state index in [1.165, 1.54) is 20.4 Å². The fourth-order valence-electron chi connectivity index (χ4n) is 1.95. The summed E-state index contributed by atoms with van der Waals surface area (Å²) in [5, 5.41) is 0. The zero-order valence-electron chi connectivity index (χ0n) is 7.22. The standard InChI is InChI=1S/C8H16BN/c1-8(2,3)10-5-6-4-7(6)9-10/h6-7,9H,4-5H2,1-3H3. The van der Waals surface area contributed by atoms with Gasteiger partial charge in [0.15, 0.2) is 0 Å². The third kappa shape index (κ3) is 0.988. The van der Waals surface area contributed by atoms with E-state index in [0.29, 0.717) is 5.54 Å². The van der Waals surface area contributed by atoms with Crippen LogP contribution in [0.5, 0.6) is 0 Å². The van der Waals surface area contributed by atoms with Crippen LogP contribution in [0.1, 0.15) is 27.2 Å². The molecule has 0 spiro atoms. The first-order valence-electron chi connectivity index (χ1n) is 4.32. The van der Waals surface area contributed by atoms with Crippen LogP contribution in [0.25, 0.3) is 0 Å². The van der Waals surface area contributed by atoms with Gasteiger partial charge in [0.25, 0.3) is 0 Å². The zero-order valence-corrected chi connectivity index (χ0v) is 7.22. The van der Waals surface area contributed by atoms with Gasteiger partial charge in [-0.1, -0.05) is 6.42 Å². The molecule has 1 saturated carbocycles. The summed E-state index contributed by atoms with van der Waals surface area (Å²) in [5.41, 5.74) is 0.424. The molecule has 2 rings (SSSR count). The Hall–Kier alpha value is 0.0249. The largest absolute Gasteiger partial charge is 0.340 e. The van der Waals surface area contributed by atoms with E-state index in [0.717, 1.165) is 11.7 Å². The molecule has 2 heteroatoms. The average Bonchev–Trinajstić information content (AvgIpc) is 2.38. The SMILES string of the molecule is CC(C)(C)N1BC2CC2C1. The molecular formula is C8H16BN. The summed E-state index contributed by atoms with van der Waals surface area (Å²) in [6.07, 6.45) is 1.52. The Morgan fingerprint density at radius 1 is 1.40 bits per heavy atom. The number of hydrogen-bond donors (Lipinski definition) is 0. The topological polar surface area (TPSA) is 3.24 Å². The van der Waals surface area contributed by atoms with Crippen molar-refractivity contribution in [2.45, 2.75) is 38.5 Å². The number of nitrogens with zero attached hydrogens (tertiary/aromatic N) is 1. The van der Waals surface area contributed by atoms with Crippen LogP contribution in [0.3, 0.4) is 0 Å². The lowest BCUT2D eigenvalue weighted by Crippen LogP contribution is -2.42. The summed E-state index contributed by atoms with van der Waals surface area (Å²) in [6, 6.07) is 0. The van der Waals surface area contributed by atoms with Crippen molar-refractivity contribution in [2.75, 3.05) is 6.54 Å². The molecule has 2 unspecified atom stereocenters. The van der Waals surface area contributed by atoms with Gasteiger partial charge in [-0.15, -0.1) is 0 Å². The molecule has 10 heavy (non-hydrogen) atoms. The summed E-state index contributed by atoms with van der Waals surface area (Å²) >= 11 is 0. The van der Waals surface area contributed by atoms with Gasteiger partial charge >= 0.3 is 0 Å². The van der Waals surface area contributed by atoms with Crippen molar-refractivity contribution in [2.24, 2.45) is 5.92 Å². The molecule has 0 bridgehead atoms. The molecule has 0 aromatic carbocycles. The fraction of sp³-hybridized carbons (Fsp3) is 1.00. The highest BCUT2D eigenvalue weighted by atomic mass is 15.1. The molecule has 0 amide bonds. The molecule has 0 N–H and O–H groups in total. The summed E-state index contributed by atoms with van der Waals surface area (Å²) in [4.78, 5) is 2.62. The van der Waals surface area contributed by atoms with Gasteiger partial charge in [0, 0.05) is 5.54 Å². The van der Waals surface area contributed by atoms with Gasteiger partial charge in [0.05, 0.1) is 0 Å². The lowest BCUT2D eigenvalue weighted by atomic mass is 9.82. The predicted octanol–water partition coefficient (Wildman–Crippen LogP) is 1.26. The van der Waals surface area contributed by atoms with Gasteiger partial charge in [-0.05, 0) is 39.1 Å². The Morgan fingerprint density at radius 2 is 2.10 bits per heavy atom.